The summed E-state index contributed by atoms with van der Waals surface area (Å²) in [6.45, 7) is 6.85. The zero-order valence-electron chi connectivity index (χ0n) is 20.1. The molecule has 0 bridgehead atoms. The Kier molecular flexibility index (Phi) is 11.3. The number of anilines is 1. The lowest BCUT2D eigenvalue weighted by molar-refractivity contribution is -0.143. The molecule has 2 aromatic rings. The van der Waals surface area contributed by atoms with Crippen LogP contribution in [0, 0.1) is 5.92 Å². The van der Waals surface area contributed by atoms with Gasteiger partial charge in [-0.25, -0.2) is 4.79 Å². The number of rotatable bonds is 14. The molecule has 180 valence electrons. The number of ether oxygens (including phenoxy) is 1. The van der Waals surface area contributed by atoms with Crippen molar-refractivity contribution in [2.75, 3.05) is 18.4 Å². The molecule has 6 nitrogen and oxygen atoms in total. The molecular weight excluding hydrogens is 416 g/mol. The third-order valence-electron chi connectivity index (χ3n) is 5.87. The zero-order chi connectivity index (χ0) is 24.1. The van der Waals surface area contributed by atoms with E-state index in [1.165, 1.54) is 19.3 Å². The molecule has 2 aromatic carbocycles. The number of nitrogens with zero attached hydrogens (tertiary/aromatic N) is 1. The molecule has 0 aliphatic carbocycles. The van der Waals surface area contributed by atoms with Crippen molar-refractivity contribution in [2.45, 2.75) is 65.4 Å². The van der Waals surface area contributed by atoms with Gasteiger partial charge in [0.15, 0.2) is 0 Å². The van der Waals surface area contributed by atoms with Crippen LogP contribution in [0.15, 0.2) is 54.6 Å². The Bertz CT molecular complexity index is 856. The second-order valence-electron chi connectivity index (χ2n) is 8.51. The summed E-state index contributed by atoms with van der Waals surface area (Å²) >= 11 is 0. The fourth-order valence-electron chi connectivity index (χ4n) is 3.53. The highest BCUT2D eigenvalue weighted by molar-refractivity contribution is 5.89. The molecule has 0 aliphatic heterocycles. The minimum Gasteiger partial charge on any atom is -0.490 e. The summed E-state index contributed by atoms with van der Waals surface area (Å²) in [5, 5.41) is 12.3. The van der Waals surface area contributed by atoms with Gasteiger partial charge in [0, 0.05) is 18.8 Å². The molecular formula is C27H38N2O4. The van der Waals surface area contributed by atoms with Crippen LogP contribution in [0.4, 0.5) is 10.5 Å². The molecule has 0 aliphatic rings. The standard InChI is InChI=1S/C27H38N2O4/c1-4-5-6-7-13-19-29(27(32)28-24-15-9-8-10-16-24)20-18-23-14-11-12-17-25(23)33-22(3)21(2)26(30)31/h8-12,14-17,21-22H,4-7,13,18-20H2,1-3H3,(H,28,32)(H,30,31). The number of carbonyl (C=O) groups is 2. The molecule has 0 spiro atoms. The molecule has 2 unspecified atom stereocenters. The summed E-state index contributed by atoms with van der Waals surface area (Å²) in [6, 6.07) is 17.0. The van der Waals surface area contributed by atoms with Gasteiger partial charge < -0.3 is 20.1 Å². The number of carboxylic acid groups (broad SMARTS) is 1. The summed E-state index contributed by atoms with van der Waals surface area (Å²) in [5.41, 5.74) is 1.74. The van der Waals surface area contributed by atoms with E-state index < -0.39 is 18.0 Å². The van der Waals surface area contributed by atoms with Crippen molar-refractivity contribution < 1.29 is 19.4 Å². The monoisotopic (exact) mass is 454 g/mol. The minimum absolute atomic E-state index is 0.108. The SMILES string of the molecule is CCCCCCCN(CCc1ccccc1OC(C)C(C)C(=O)O)C(=O)Nc1ccccc1. The van der Waals surface area contributed by atoms with E-state index >= 15 is 0 Å². The molecule has 0 fully saturated rings. The van der Waals surface area contributed by atoms with Crippen LogP contribution in [0.25, 0.3) is 0 Å². The number of amides is 2. The molecule has 0 saturated carbocycles. The largest absolute Gasteiger partial charge is 0.490 e. The Morgan fingerprint density at radius 3 is 2.30 bits per heavy atom. The molecule has 33 heavy (non-hydrogen) atoms. The Morgan fingerprint density at radius 1 is 0.939 bits per heavy atom. The van der Waals surface area contributed by atoms with Crippen molar-refractivity contribution in [1.29, 1.82) is 0 Å². The summed E-state index contributed by atoms with van der Waals surface area (Å²) < 4.78 is 5.98. The Labute approximate surface area is 198 Å². The Hall–Kier alpha value is -3.02. The normalized spacial score (nSPS) is 12.6. The lowest BCUT2D eigenvalue weighted by Crippen LogP contribution is -2.37. The van der Waals surface area contributed by atoms with Crippen molar-refractivity contribution in [3.63, 3.8) is 0 Å². The predicted octanol–water partition coefficient (Wildman–Crippen LogP) is 6.22. The smallest absolute Gasteiger partial charge is 0.321 e. The van der Waals surface area contributed by atoms with E-state index in [1.54, 1.807) is 13.8 Å². The average molecular weight is 455 g/mol. The fourth-order valence-corrected chi connectivity index (χ4v) is 3.53. The van der Waals surface area contributed by atoms with Gasteiger partial charge in [-0.3, -0.25) is 4.79 Å². The van der Waals surface area contributed by atoms with Gasteiger partial charge in [-0.05, 0) is 50.5 Å². The van der Waals surface area contributed by atoms with E-state index in [2.05, 4.69) is 12.2 Å². The Balaban J connectivity index is 2.04. The minimum atomic E-state index is -0.883. The quantitative estimate of drug-likeness (QED) is 0.332. The van der Waals surface area contributed by atoms with Gasteiger partial charge in [0.1, 0.15) is 11.9 Å². The van der Waals surface area contributed by atoms with E-state index in [-0.39, 0.29) is 6.03 Å². The van der Waals surface area contributed by atoms with E-state index in [0.717, 1.165) is 24.1 Å². The van der Waals surface area contributed by atoms with Crippen LogP contribution in [0.2, 0.25) is 0 Å². The van der Waals surface area contributed by atoms with Crippen molar-refractivity contribution in [1.82, 2.24) is 4.90 Å². The van der Waals surface area contributed by atoms with Crippen LogP contribution in [-0.4, -0.2) is 41.2 Å². The van der Waals surface area contributed by atoms with Gasteiger partial charge in [0.05, 0.1) is 5.92 Å². The number of para-hydroxylation sites is 2. The predicted molar refractivity (Wildman–Crippen MR) is 133 cm³/mol. The van der Waals surface area contributed by atoms with Crippen LogP contribution in [0.5, 0.6) is 5.75 Å². The van der Waals surface area contributed by atoms with Crippen molar-refractivity contribution >= 4 is 17.7 Å². The number of benzene rings is 2. The number of carboxylic acids is 1. The zero-order valence-corrected chi connectivity index (χ0v) is 20.1. The van der Waals surface area contributed by atoms with Gasteiger partial charge in [-0.2, -0.15) is 0 Å². The number of aliphatic carboxylic acids is 1. The molecule has 0 heterocycles. The average Bonchev–Trinajstić information content (AvgIpc) is 2.81. The third kappa shape index (κ3) is 9.16. The number of hydrogen-bond acceptors (Lipinski definition) is 3. The molecule has 6 heteroatoms. The molecule has 0 saturated heterocycles. The third-order valence-corrected chi connectivity index (χ3v) is 5.87. The number of carbonyl (C=O) groups excluding carboxylic acids is 1. The lowest BCUT2D eigenvalue weighted by Gasteiger charge is -2.25. The number of nitrogens with one attached hydrogen (secondary N) is 1. The molecule has 0 aromatic heterocycles. The summed E-state index contributed by atoms with van der Waals surface area (Å²) in [6.07, 6.45) is 5.82. The second-order valence-corrected chi connectivity index (χ2v) is 8.51. The lowest BCUT2D eigenvalue weighted by atomic mass is 10.1. The fraction of sp³-hybridized carbons (Fsp3) is 0.481. The van der Waals surface area contributed by atoms with Crippen molar-refractivity contribution in [3.8, 4) is 5.75 Å². The topological polar surface area (TPSA) is 78.9 Å². The maximum Gasteiger partial charge on any atom is 0.321 e. The van der Waals surface area contributed by atoms with Crippen molar-refractivity contribution in [3.05, 3.63) is 60.2 Å². The highest BCUT2D eigenvalue weighted by Crippen LogP contribution is 2.23. The first-order valence-electron chi connectivity index (χ1n) is 12.0. The van der Waals surface area contributed by atoms with Gasteiger partial charge >= 0.3 is 12.0 Å². The first kappa shape index (κ1) is 26.2. The molecule has 2 amide bonds. The number of unbranched alkanes of at least 4 members (excludes halogenated alkanes) is 4. The van der Waals surface area contributed by atoms with Crippen LogP contribution >= 0.6 is 0 Å². The van der Waals surface area contributed by atoms with E-state index in [1.807, 2.05) is 59.5 Å². The molecule has 2 atom stereocenters. The number of urea groups is 1. The molecule has 2 N–H and O–H groups in total. The van der Waals surface area contributed by atoms with Crippen LogP contribution in [0.3, 0.4) is 0 Å². The van der Waals surface area contributed by atoms with Gasteiger partial charge in [-0.1, -0.05) is 69.0 Å². The van der Waals surface area contributed by atoms with E-state index in [4.69, 9.17) is 4.74 Å². The summed E-state index contributed by atoms with van der Waals surface area (Å²) in [4.78, 5) is 26.2. The second kappa shape index (κ2) is 14.2. The van der Waals surface area contributed by atoms with Gasteiger partial charge in [0.2, 0.25) is 0 Å². The van der Waals surface area contributed by atoms with Gasteiger partial charge in [0.25, 0.3) is 0 Å². The summed E-state index contributed by atoms with van der Waals surface area (Å²) in [5.74, 6) is -0.828. The first-order chi connectivity index (χ1) is 15.9. The van der Waals surface area contributed by atoms with Crippen molar-refractivity contribution in [2.24, 2.45) is 5.92 Å². The first-order valence-corrected chi connectivity index (χ1v) is 12.0. The maximum atomic E-state index is 13.0. The van der Waals surface area contributed by atoms with E-state index in [0.29, 0.717) is 25.3 Å². The van der Waals surface area contributed by atoms with Crippen LogP contribution in [0.1, 0.15) is 58.4 Å². The number of hydrogen-bond donors (Lipinski definition) is 2. The summed E-state index contributed by atoms with van der Waals surface area (Å²) in [7, 11) is 0. The maximum absolute atomic E-state index is 13.0. The highest BCUT2D eigenvalue weighted by Gasteiger charge is 2.22. The molecule has 0 radical (unpaired) electrons. The highest BCUT2D eigenvalue weighted by atomic mass is 16.5. The van der Waals surface area contributed by atoms with E-state index in [9.17, 15) is 14.7 Å². The van der Waals surface area contributed by atoms with Crippen LogP contribution < -0.4 is 10.1 Å². The van der Waals surface area contributed by atoms with Crippen LogP contribution in [-0.2, 0) is 11.2 Å². The van der Waals surface area contributed by atoms with Gasteiger partial charge in [-0.15, -0.1) is 0 Å². The Morgan fingerprint density at radius 2 is 1.61 bits per heavy atom. The molecule has 2 rings (SSSR count).